The van der Waals surface area contributed by atoms with Gasteiger partial charge in [0.15, 0.2) is 0 Å². The average molecular weight is 163 g/mol. The number of aryl methyl sites for hydroxylation is 1. The lowest BCUT2D eigenvalue weighted by Gasteiger charge is -2.07. The van der Waals surface area contributed by atoms with Gasteiger partial charge in [0.2, 0.25) is 0 Å². The van der Waals surface area contributed by atoms with E-state index in [0.29, 0.717) is 6.04 Å². The van der Waals surface area contributed by atoms with Crippen molar-refractivity contribution >= 4 is 0 Å². The van der Waals surface area contributed by atoms with Crippen LogP contribution in [0.15, 0.2) is 24.3 Å². The molecule has 1 aromatic carbocycles. The van der Waals surface area contributed by atoms with Gasteiger partial charge in [-0.3, -0.25) is 0 Å². The Bertz CT molecular complexity index is 223. The summed E-state index contributed by atoms with van der Waals surface area (Å²) in [7, 11) is 0. The molecule has 0 bridgehead atoms. The number of benzene rings is 1. The van der Waals surface area contributed by atoms with E-state index < -0.39 is 0 Å². The molecule has 0 spiro atoms. The third-order valence-corrected chi connectivity index (χ3v) is 1.84. The van der Waals surface area contributed by atoms with Crippen LogP contribution in [-0.2, 0) is 6.54 Å². The van der Waals surface area contributed by atoms with Crippen molar-refractivity contribution in [2.24, 2.45) is 0 Å². The monoisotopic (exact) mass is 163 g/mol. The van der Waals surface area contributed by atoms with Gasteiger partial charge < -0.3 is 5.32 Å². The summed E-state index contributed by atoms with van der Waals surface area (Å²) in [5.41, 5.74) is 2.68. The van der Waals surface area contributed by atoms with E-state index in [4.69, 9.17) is 0 Å². The Kier molecular flexibility index (Phi) is 3.30. The normalized spacial score (nSPS) is 10.7. The molecule has 0 radical (unpaired) electrons. The van der Waals surface area contributed by atoms with E-state index in [9.17, 15) is 0 Å². The maximum absolute atomic E-state index is 3.38. The quantitative estimate of drug-likeness (QED) is 0.722. The molecular formula is C11H17N. The van der Waals surface area contributed by atoms with Crippen LogP contribution in [0.25, 0.3) is 0 Å². The Hall–Kier alpha value is -0.820. The molecule has 12 heavy (non-hydrogen) atoms. The minimum Gasteiger partial charge on any atom is -0.310 e. The van der Waals surface area contributed by atoms with Crippen molar-refractivity contribution in [1.29, 1.82) is 0 Å². The molecule has 1 rings (SSSR count). The molecule has 1 aromatic rings. The van der Waals surface area contributed by atoms with E-state index in [2.05, 4.69) is 50.4 Å². The Balaban J connectivity index is 2.48. The van der Waals surface area contributed by atoms with Gasteiger partial charge in [-0.15, -0.1) is 0 Å². The van der Waals surface area contributed by atoms with Crippen LogP contribution in [0.4, 0.5) is 0 Å². The van der Waals surface area contributed by atoms with Crippen molar-refractivity contribution in [1.82, 2.24) is 5.32 Å². The largest absolute Gasteiger partial charge is 0.310 e. The molecule has 0 aliphatic carbocycles. The molecule has 0 aliphatic heterocycles. The van der Waals surface area contributed by atoms with Crippen LogP contribution in [0.3, 0.4) is 0 Å². The number of nitrogens with one attached hydrogen (secondary N) is 1. The first-order valence-electron chi connectivity index (χ1n) is 4.47. The maximum atomic E-state index is 3.38. The highest BCUT2D eigenvalue weighted by Crippen LogP contribution is 2.02. The third kappa shape index (κ3) is 3.05. The van der Waals surface area contributed by atoms with Crippen molar-refractivity contribution in [3.8, 4) is 0 Å². The first-order chi connectivity index (χ1) is 5.68. The smallest absolute Gasteiger partial charge is 0.0207 e. The fourth-order valence-corrected chi connectivity index (χ4v) is 1.03. The van der Waals surface area contributed by atoms with E-state index in [0.717, 1.165) is 6.54 Å². The first-order valence-corrected chi connectivity index (χ1v) is 4.47. The van der Waals surface area contributed by atoms with E-state index in [1.165, 1.54) is 11.1 Å². The van der Waals surface area contributed by atoms with Crippen LogP contribution in [0.1, 0.15) is 25.0 Å². The number of hydrogen-bond acceptors (Lipinski definition) is 1. The molecular weight excluding hydrogens is 146 g/mol. The van der Waals surface area contributed by atoms with Crippen LogP contribution >= 0.6 is 0 Å². The molecule has 0 fully saturated rings. The minimum absolute atomic E-state index is 0.561. The molecule has 1 N–H and O–H groups in total. The average Bonchev–Trinajstić information content (AvgIpc) is 2.03. The van der Waals surface area contributed by atoms with Gasteiger partial charge >= 0.3 is 0 Å². The fourth-order valence-electron chi connectivity index (χ4n) is 1.03. The SMILES string of the molecule is Cc1ccc(CNC(C)C)cc1. The fraction of sp³-hybridized carbons (Fsp3) is 0.455. The van der Waals surface area contributed by atoms with Crippen LogP contribution < -0.4 is 5.32 Å². The molecule has 0 saturated carbocycles. The van der Waals surface area contributed by atoms with Gasteiger partial charge in [-0.05, 0) is 12.5 Å². The molecule has 0 unspecified atom stereocenters. The van der Waals surface area contributed by atoms with Gasteiger partial charge in [0.25, 0.3) is 0 Å². The van der Waals surface area contributed by atoms with Crippen molar-refractivity contribution in [3.63, 3.8) is 0 Å². The zero-order valence-electron chi connectivity index (χ0n) is 8.09. The van der Waals surface area contributed by atoms with Gasteiger partial charge in [0.05, 0.1) is 0 Å². The summed E-state index contributed by atoms with van der Waals surface area (Å²) in [6.45, 7) is 7.40. The van der Waals surface area contributed by atoms with Gasteiger partial charge in [-0.1, -0.05) is 43.7 Å². The topological polar surface area (TPSA) is 12.0 Å². The molecule has 0 heterocycles. The Morgan fingerprint density at radius 1 is 1.17 bits per heavy atom. The second-order valence-corrected chi connectivity index (χ2v) is 3.52. The Morgan fingerprint density at radius 2 is 1.75 bits per heavy atom. The molecule has 66 valence electrons. The molecule has 1 nitrogen and oxygen atoms in total. The van der Waals surface area contributed by atoms with Gasteiger partial charge in [0.1, 0.15) is 0 Å². The summed E-state index contributed by atoms with van der Waals surface area (Å²) in [5, 5.41) is 3.38. The predicted molar refractivity (Wildman–Crippen MR) is 53.2 cm³/mol. The van der Waals surface area contributed by atoms with E-state index in [1.54, 1.807) is 0 Å². The van der Waals surface area contributed by atoms with Gasteiger partial charge in [-0.25, -0.2) is 0 Å². The van der Waals surface area contributed by atoms with Crippen LogP contribution in [0.5, 0.6) is 0 Å². The summed E-state index contributed by atoms with van der Waals surface area (Å²) in [4.78, 5) is 0. The predicted octanol–water partition coefficient (Wildman–Crippen LogP) is 2.49. The Morgan fingerprint density at radius 3 is 2.25 bits per heavy atom. The van der Waals surface area contributed by atoms with Crippen molar-refractivity contribution in [3.05, 3.63) is 35.4 Å². The third-order valence-electron chi connectivity index (χ3n) is 1.84. The Labute approximate surface area is 74.8 Å². The standard InChI is InChI=1S/C11H17N/c1-9(2)12-8-11-6-4-10(3)5-7-11/h4-7,9,12H,8H2,1-3H3. The maximum Gasteiger partial charge on any atom is 0.0207 e. The second kappa shape index (κ2) is 4.27. The lowest BCUT2D eigenvalue weighted by atomic mass is 10.1. The zero-order chi connectivity index (χ0) is 8.97. The number of hydrogen-bond donors (Lipinski definition) is 1. The summed E-state index contributed by atoms with van der Waals surface area (Å²) >= 11 is 0. The van der Waals surface area contributed by atoms with Crippen molar-refractivity contribution < 1.29 is 0 Å². The molecule has 0 atom stereocenters. The molecule has 0 saturated heterocycles. The highest BCUT2D eigenvalue weighted by atomic mass is 14.9. The van der Waals surface area contributed by atoms with Crippen molar-refractivity contribution in [2.75, 3.05) is 0 Å². The summed E-state index contributed by atoms with van der Waals surface area (Å²) in [6.07, 6.45) is 0. The highest BCUT2D eigenvalue weighted by molar-refractivity contribution is 5.21. The van der Waals surface area contributed by atoms with Gasteiger partial charge in [0, 0.05) is 12.6 Å². The minimum atomic E-state index is 0.561. The molecule has 0 aromatic heterocycles. The van der Waals surface area contributed by atoms with Crippen LogP contribution in [-0.4, -0.2) is 6.04 Å². The van der Waals surface area contributed by atoms with E-state index in [1.807, 2.05) is 0 Å². The molecule has 0 amide bonds. The van der Waals surface area contributed by atoms with Gasteiger partial charge in [-0.2, -0.15) is 0 Å². The summed E-state index contributed by atoms with van der Waals surface area (Å²) < 4.78 is 0. The van der Waals surface area contributed by atoms with E-state index >= 15 is 0 Å². The summed E-state index contributed by atoms with van der Waals surface area (Å²) in [5.74, 6) is 0. The van der Waals surface area contributed by atoms with E-state index in [-0.39, 0.29) is 0 Å². The lowest BCUT2D eigenvalue weighted by Crippen LogP contribution is -2.21. The first kappa shape index (κ1) is 9.27. The highest BCUT2D eigenvalue weighted by Gasteiger charge is 1.93. The van der Waals surface area contributed by atoms with Crippen LogP contribution in [0, 0.1) is 6.92 Å². The summed E-state index contributed by atoms with van der Waals surface area (Å²) in [6, 6.07) is 9.20. The lowest BCUT2D eigenvalue weighted by molar-refractivity contribution is 0.589. The molecule has 1 heteroatoms. The zero-order valence-corrected chi connectivity index (χ0v) is 8.09. The second-order valence-electron chi connectivity index (χ2n) is 3.52. The van der Waals surface area contributed by atoms with Crippen LogP contribution in [0.2, 0.25) is 0 Å². The molecule has 0 aliphatic rings. The van der Waals surface area contributed by atoms with Crippen molar-refractivity contribution in [2.45, 2.75) is 33.4 Å². The number of rotatable bonds is 3.